The number of hydrogen-bond donors (Lipinski definition) is 0. The number of ether oxygens (including phenoxy) is 3. The van der Waals surface area contributed by atoms with Crippen LogP contribution in [0.5, 0.6) is 11.5 Å². The van der Waals surface area contributed by atoms with E-state index in [-0.39, 0.29) is 11.5 Å². The van der Waals surface area contributed by atoms with Gasteiger partial charge in [0.15, 0.2) is 5.60 Å². The lowest BCUT2D eigenvalue weighted by Crippen LogP contribution is -2.52. The van der Waals surface area contributed by atoms with Crippen LogP contribution in [0.3, 0.4) is 0 Å². The third-order valence-corrected chi connectivity index (χ3v) is 5.38. The summed E-state index contributed by atoms with van der Waals surface area (Å²) in [5.74, 6) is -0.789. The number of fused-ring (bicyclic) bond motifs is 1. The van der Waals surface area contributed by atoms with Gasteiger partial charge < -0.3 is 19.1 Å². The van der Waals surface area contributed by atoms with Gasteiger partial charge in [-0.3, -0.25) is 4.79 Å². The Morgan fingerprint density at radius 3 is 2.36 bits per heavy atom. The van der Waals surface area contributed by atoms with Gasteiger partial charge >= 0.3 is 12.3 Å². The molecule has 0 spiro atoms. The standard InChI is InChI=1S/C27H30F3NO5/c1-8-31-20-15-18(16(2)13-22(20)34-26(6,7)24(31)33)19-14-17(9-11-21(19)35-27(28,29)30)10-12-23(32)36-25(3,4)5/h9-15H,8H2,1-7H3. The Balaban J connectivity index is 2.13. The van der Waals surface area contributed by atoms with Crippen LogP contribution in [0, 0.1) is 6.92 Å². The first-order valence-corrected chi connectivity index (χ1v) is 11.5. The summed E-state index contributed by atoms with van der Waals surface area (Å²) in [5, 5.41) is 0. The minimum absolute atomic E-state index is 0.146. The minimum Gasteiger partial charge on any atom is -0.476 e. The van der Waals surface area contributed by atoms with Crippen LogP contribution in [0.1, 0.15) is 52.7 Å². The summed E-state index contributed by atoms with van der Waals surface area (Å²) in [5.41, 5.74) is 0.348. The highest BCUT2D eigenvalue weighted by atomic mass is 19.4. The molecule has 0 aromatic heterocycles. The van der Waals surface area contributed by atoms with Crippen molar-refractivity contribution in [2.45, 2.75) is 66.0 Å². The van der Waals surface area contributed by atoms with E-state index in [2.05, 4.69) is 4.74 Å². The maximum Gasteiger partial charge on any atom is 0.573 e. The van der Waals surface area contributed by atoms with Gasteiger partial charge in [-0.05, 0) is 95.5 Å². The van der Waals surface area contributed by atoms with Crippen molar-refractivity contribution in [3.05, 3.63) is 47.5 Å². The summed E-state index contributed by atoms with van der Waals surface area (Å²) in [4.78, 5) is 26.5. The second kappa shape index (κ2) is 9.52. The second-order valence-electron chi connectivity index (χ2n) is 9.97. The number of rotatable bonds is 5. The molecule has 0 saturated carbocycles. The molecule has 194 valence electrons. The van der Waals surface area contributed by atoms with Crippen LogP contribution in [0.4, 0.5) is 18.9 Å². The fourth-order valence-corrected chi connectivity index (χ4v) is 3.90. The van der Waals surface area contributed by atoms with Crippen molar-refractivity contribution in [2.24, 2.45) is 0 Å². The molecule has 0 radical (unpaired) electrons. The molecule has 9 heteroatoms. The van der Waals surface area contributed by atoms with Gasteiger partial charge in [0.05, 0.1) is 5.69 Å². The average Bonchev–Trinajstić information content (AvgIpc) is 2.71. The fraction of sp³-hybridized carbons (Fsp3) is 0.407. The van der Waals surface area contributed by atoms with E-state index in [9.17, 15) is 22.8 Å². The minimum atomic E-state index is -4.91. The number of alkyl halides is 3. The molecule has 0 unspecified atom stereocenters. The average molecular weight is 506 g/mol. The van der Waals surface area contributed by atoms with Crippen molar-refractivity contribution in [3.63, 3.8) is 0 Å². The van der Waals surface area contributed by atoms with E-state index in [1.165, 1.54) is 30.4 Å². The highest BCUT2D eigenvalue weighted by Gasteiger charge is 2.41. The molecule has 2 aromatic carbocycles. The summed E-state index contributed by atoms with van der Waals surface area (Å²) in [6.45, 7) is 12.4. The number of hydrogen-bond acceptors (Lipinski definition) is 5. The SMILES string of the molecule is CCN1C(=O)C(C)(C)Oc2cc(C)c(-c3cc(C=CC(=O)OC(C)(C)C)ccc3OC(F)(F)F)cc21. The van der Waals surface area contributed by atoms with Crippen molar-refractivity contribution >= 4 is 23.6 Å². The zero-order chi connectivity index (χ0) is 27.1. The van der Waals surface area contributed by atoms with Gasteiger partial charge in [0.1, 0.15) is 17.1 Å². The molecule has 2 aromatic rings. The Labute approximate surface area is 208 Å². The van der Waals surface area contributed by atoms with Crippen molar-refractivity contribution in [3.8, 4) is 22.6 Å². The molecule has 0 aliphatic carbocycles. The predicted molar refractivity (Wildman–Crippen MR) is 131 cm³/mol. The Kier molecular flexibility index (Phi) is 7.17. The Hall–Kier alpha value is -3.49. The van der Waals surface area contributed by atoms with Gasteiger partial charge in [0.25, 0.3) is 5.91 Å². The van der Waals surface area contributed by atoms with Gasteiger partial charge in [-0.25, -0.2) is 4.79 Å². The molecule has 0 bridgehead atoms. The van der Waals surface area contributed by atoms with Gasteiger partial charge in [-0.1, -0.05) is 6.07 Å². The van der Waals surface area contributed by atoms with E-state index in [0.717, 1.165) is 0 Å². The summed E-state index contributed by atoms with van der Waals surface area (Å²) < 4.78 is 55.1. The molecule has 1 aliphatic heterocycles. The monoisotopic (exact) mass is 505 g/mol. The normalized spacial score (nSPS) is 15.5. The first-order chi connectivity index (χ1) is 16.5. The molecule has 0 fully saturated rings. The van der Waals surface area contributed by atoms with Crippen molar-refractivity contribution < 1.29 is 37.0 Å². The number of likely N-dealkylation sites (N-methyl/N-ethyl adjacent to an activating group) is 1. The van der Waals surface area contributed by atoms with E-state index in [1.54, 1.807) is 58.6 Å². The van der Waals surface area contributed by atoms with Gasteiger partial charge in [-0.15, -0.1) is 13.2 Å². The van der Waals surface area contributed by atoms with Crippen LogP contribution in [-0.2, 0) is 14.3 Å². The molecular formula is C27H30F3NO5. The lowest BCUT2D eigenvalue weighted by Gasteiger charge is -2.39. The fourth-order valence-electron chi connectivity index (χ4n) is 3.90. The molecule has 1 aliphatic rings. The van der Waals surface area contributed by atoms with Crippen molar-refractivity contribution in [1.29, 1.82) is 0 Å². The van der Waals surface area contributed by atoms with E-state index >= 15 is 0 Å². The highest BCUT2D eigenvalue weighted by Crippen LogP contribution is 2.44. The van der Waals surface area contributed by atoms with Crippen LogP contribution in [-0.4, -0.2) is 36.0 Å². The van der Waals surface area contributed by atoms with E-state index in [0.29, 0.717) is 34.7 Å². The van der Waals surface area contributed by atoms with Crippen molar-refractivity contribution in [1.82, 2.24) is 0 Å². The second-order valence-corrected chi connectivity index (χ2v) is 9.97. The number of halogens is 3. The number of nitrogens with zero attached hydrogens (tertiary/aromatic N) is 1. The number of benzene rings is 2. The molecule has 1 heterocycles. The topological polar surface area (TPSA) is 65.1 Å². The number of aryl methyl sites for hydroxylation is 1. The summed E-state index contributed by atoms with van der Waals surface area (Å²) >= 11 is 0. The number of anilines is 1. The summed E-state index contributed by atoms with van der Waals surface area (Å²) in [6, 6.07) is 7.41. The largest absolute Gasteiger partial charge is 0.573 e. The van der Waals surface area contributed by atoms with Crippen LogP contribution in [0.15, 0.2) is 36.4 Å². The molecule has 6 nitrogen and oxygen atoms in total. The smallest absolute Gasteiger partial charge is 0.476 e. The first-order valence-electron chi connectivity index (χ1n) is 11.5. The third kappa shape index (κ3) is 6.19. The molecule has 36 heavy (non-hydrogen) atoms. The van der Waals surface area contributed by atoms with Gasteiger partial charge in [0, 0.05) is 18.2 Å². The first kappa shape index (κ1) is 27.1. The van der Waals surface area contributed by atoms with E-state index in [4.69, 9.17) is 9.47 Å². The van der Waals surface area contributed by atoms with Crippen LogP contribution >= 0.6 is 0 Å². The van der Waals surface area contributed by atoms with Gasteiger partial charge in [0.2, 0.25) is 0 Å². The Morgan fingerprint density at radius 1 is 1.11 bits per heavy atom. The van der Waals surface area contributed by atoms with E-state index < -0.39 is 29.3 Å². The number of amides is 1. The Bertz CT molecular complexity index is 1210. The number of esters is 1. The molecule has 0 atom stereocenters. The zero-order valence-electron chi connectivity index (χ0n) is 21.4. The van der Waals surface area contributed by atoms with E-state index in [1.807, 2.05) is 6.92 Å². The Morgan fingerprint density at radius 2 is 1.78 bits per heavy atom. The predicted octanol–water partition coefficient (Wildman–Crippen LogP) is 6.44. The van der Waals surface area contributed by atoms with Crippen molar-refractivity contribution in [2.75, 3.05) is 11.4 Å². The number of carbonyl (C=O) groups excluding carboxylic acids is 2. The molecule has 1 amide bonds. The lowest BCUT2D eigenvalue weighted by atomic mass is 9.94. The number of carbonyl (C=O) groups is 2. The van der Waals surface area contributed by atoms with Crippen LogP contribution in [0.2, 0.25) is 0 Å². The van der Waals surface area contributed by atoms with Crippen LogP contribution < -0.4 is 14.4 Å². The maximum atomic E-state index is 13.2. The maximum absolute atomic E-state index is 13.2. The zero-order valence-corrected chi connectivity index (χ0v) is 21.4. The molecule has 0 N–H and O–H groups in total. The van der Waals surface area contributed by atoms with Crippen LogP contribution in [0.25, 0.3) is 17.2 Å². The molecule has 3 rings (SSSR count). The third-order valence-electron chi connectivity index (χ3n) is 5.38. The quantitative estimate of drug-likeness (QED) is 0.346. The molecular weight excluding hydrogens is 475 g/mol. The van der Waals surface area contributed by atoms with Gasteiger partial charge in [-0.2, -0.15) is 0 Å². The summed E-state index contributed by atoms with van der Waals surface area (Å²) in [6.07, 6.45) is -2.25. The molecule has 0 saturated heterocycles. The lowest BCUT2D eigenvalue weighted by molar-refractivity contribution is -0.274. The highest BCUT2D eigenvalue weighted by molar-refractivity contribution is 6.03. The summed E-state index contributed by atoms with van der Waals surface area (Å²) in [7, 11) is 0.